The van der Waals surface area contributed by atoms with Crippen LogP contribution < -0.4 is 11.4 Å². The molecule has 132 valence electrons. The molecule has 1 fully saturated rings. The van der Waals surface area contributed by atoms with Crippen LogP contribution in [-0.2, 0) is 18.3 Å². The Balaban J connectivity index is 2.15. The van der Waals surface area contributed by atoms with Crippen molar-refractivity contribution in [1.29, 1.82) is 0 Å². The molecule has 2 heterocycles. The summed E-state index contributed by atoms with van der Waals surface area (Å²) in [6.07, 6.45) is -1.52. The number of aromatic nitrogens is 2. The van der Waals surface area contributed by atoms with Crippen molar-refractivity contribution >= 4 is 22.2 Å². The minimum atomic E-state index is -4.78. The van der Waals surface area contributed by atoms with E-state index in [1.54, 1.807) is 0 Å². The van der Waals surface area contributed by atoms with Gasteiger partial charge in [-0.2, -0.15) is 0 Å². The summed E-state index contributed by atoms with van der Waals surface area (Å²) < 4.78 is 26.7. The average Bonchev–Trinajstić information content (AvgIpc) is 2.77. The van der Waals surface area contributed by atoms with Crippen molar-refractivity contribution in [1.82, 2.24) is 9.55 Å². The van der Waals surface area contributed by atoms with E-state index in [4.69, 9.17) is 34.6 Å². The summed E-state index contributed by atoms with van der Waals surface area (Å²) >= 11 is 0. The molecule has 0 saturated carbocycles. The second-order valence-corrected chi connectivity index (χ2v) is 6.92. The summed E-state index contributed by atoms with van der Waals surface area (Å²) in [5, 5.41) is 0. The first-order valence-electron chi connectivity index (χ1n) is 6.36. The molecule has 1 aliphatic rings. The molecule has 23 heavy (non-hydrogen) atoms. The van der Waals surface area contributed by atoms with Gasteiger partial charge < -0.3 is 0 Å². The fourth-order valence-corrected chi connectivity index (χ4v) is 3.01. The van der Waals surface area contributed by atoms with Crippen LogP contribution >= 0.6 is 16.4 Å². The zero-order chi connectivity index (χ0) is 17.2. The van der Waals surface area contributed by atoms with Crippen molar-refractivity contribution < 1.29 is 37.9 Å². The van der Waals surface area contributed by atoms with E-state index in [9.17, 15) is 9.36 Å². The van der Waals surface area contributed by atoms with Crippen LogP contribution in [0, 0.1) is 0 Å². The van der Waals surface area contributed by atoms with E-state index in [1.165, 1.54) is 12.3 Å². The van der Waals surface area contributed by atoms with E-state index in [1.807, 2.05) is 0 Å². The number of nitrogens with zero attached hydrogens (tertiary/aromatic N) is 2. The van der Waals surface area contributed by atoms with Gasteiger partial charge in [0.2, 0.25) is 0 Å². The van der Waals surface area contributed by atoms with E-state index in [2.05, 4.69) is 9.51 Å². The predicted molar refractivity (Wildman–Crippen MR) is 78.5 cm³/mol. The summed E-state index contributed by atoms with van der Waals surface area (Å²) in [5.41, 5.74) is 4.69. The fraction of sp³-hybridized carbons (Fsp3) is 0.556. The van der Waals surface area contributed by atoms with E-state index >= 15 is 0 Å². The SMILES string of the molecule is Nc1ccn([C@H]2C[C@H](O[PH](=O)O)[C@@H](CO[PH](O)(O)O)O2)c(=O)n1. The molecule has 1 aromatic rings. The molecule has 14 heteroatoms. The van der Waals surface area contributed by atoms with Gasteiger partial charge in [-0.25, -0.2) is 0 Å². The van der Waals surface area contributed by atoms with Crippen molar-refractivity contribution in [2.75, 3.05) is 12.3 Å². The fourth-order valence-electron chi connectivity index (χ4n) is 2.11. The van der Waals surface area contributed by atoms with Crippen LogP contribution in [0.15, 0.2) is 17.1 Å². The molecule has 0 spiro atoms. The molecular formula is C9H17N3O9P2. The van der Waals surface area contributed by atoms with E-state index in [0.29, 0.717) is 0 Å². The van der Waals surface area contributed by atoms with Gasteiger partial charge in [-0.05, 0) is 0 Å². The first-order valence-corrected chi connectivity index (χ1v) is 9.38. The molecule has 0 bridgehead atoms. The van der Waals surface area contributed by atoms with Crippen molar-refractivity contribution in [3.63, 3.8) is 0 Å². The third kappa shape index (κ3) is 5.28. The molecule has 2 rings (SSSR count). The summed E-state index contributed by atoms with van der Waals surface area (Å²) in [4.78, 5) is 50.8. The number of nitrogen functional groups attached to an aromatic ring is 1. The average molecular weight is 373 g/mol. The zero-order valence-electron chi connectivity index (χ0n) is 11.6. The summed E-state index contributed by atoms with van der Waals surface area (Å²) in [6.45, 7) is -0.511. The van der Waals surface area contributed by atoms with Gasteiger partial charge in [0.15, 0.2) is 0 Å². The Morgan fingerprint density at radius 2 is 2.22 bits per heavy atom. The molecule has 4 atom stereocenters. The first-order chi connectivity index (χ1) is 10.7. The quantitative estimate of drug-likeness (QED) is 0.357. The zero-order valence-corrected chi connectivity index (χ0v) is 13.6. The maximum atomic E-state index is 11.8. The van der Waals surface area contributed by atoms with Crippen LogP contribution in [0.1, 0.15) is 12.6 Å². The maximum absolute atomic E-state index is 11.8. The number of hydrogen-bond donors (Lipinski definition) is 5. The molecule has 6 N–H and O–H groups in total. The van der Waals surface area contributed by atoms with E-state index in [0.717, 1.165) is 4.57 Å². The van der Waals surface area contributed by atoms with E-state index in [-0.39, 0.29) is 12.2 Å². The second kappa shape index (κ2) is 7.31. The van der Waals surface area contributed by atoms with Crippen LogP contribution in [0.25, 0.3) is 0 Å². The third-order valence-electron chi connectivity index (χ3n) is 3.04. The van der Waals surface area contributed by atoms with Crippen LogP contribution in [0.2, 0.25) is 0 Å². The van der Waals surface area contributed by atoms with Crippen molar-refractivity contribution in [3.8, 4) is 0 Å². The van der Waals surface area contributed by atoms with Crippen LogP contribution in [0.5, 0.6) is 0 Å². The monoisotopic (exact) mass is 373 g/mol. The molecule has 12 nitrogen and oxygen atoms in total. The number of rotatable bonds is 6. The van der Waals surface area contributed by atoms with Gasteiger partial charge in [0.05, 0.1) is 0 Å². The van der Waals surface area contributed by atoms with Crippen LogP contribution in [-0.4, -0.2) is 47.9 Å². The van der Waals surface area contributed by atoms with Crippen molar-refractivity contribution in [3.05, 3.63) is 22.7 Å². The minimum absolute atomic E-state index is 0.00728. The molecular weight excluding hydrogens is 356 g/mol. The predicted octanol–water partition coefficient (Wildman–Crippen LogP) is -1.72. The molecule has 0 amide bonds. The van der Waals surface area contributed by atoms with Crippen LogP contribution in [0.4, 0.5) is 5.82 Å². The normalized spacial score (nSPS) is 27.0. The van der Waals surface area contributed by atoms with Gasteiger partial charge in [0, 0.05) is 0 Å². The van der Waals surface area contributed by atoms with Crippen molar-refractivity contribution in [2.24, 2.45) is 0 Å². The number of nitrogens with two attached hydrogens (primary N) is 1. The topological polar surface area (TPSA) is 187 Å². The number of hydrogen-bond acceptors (Lipinski definition) is 10. The summed E-state index contributed by atoms with van der Waals surface area (Å²) in [7, 11) is -8.09. The van der Waals surface area contributed by atoms with Gasteiger partial charge >= 0.3 is 130 Å². The Hall–Kier alpha value is -0.940. The van der Waals surface area contributed by atoms with Crippen LogP contribution in [0.3, 0.4) is 0 Å². The Morgan fingerprint density at radius 3 is 2.78 bits per heavy atom. The Morgan fingerprint density at radius 1 is 1.52 bits per heavy atom. The molecule has 1 aliphatic heterocycles. The first kappa shape index (κ1) is 18.4. The summed E-state index contributed by atoms with van der Waals surface area (Å²) in [6, 6.07) is 1.37. The Bertz CT molecular complexity index is 633. The van der Waals surface area contributed by atoms with Crippen molar-refractivity contribution in [2.45, 2.75) is 24.9 Å². The van der Waals surface area contributed by atoms with Gasteiger partial charge in [-0.3, -0.25) is 0 Å². The molecule has 1 saturated heterocycles. The molecule has 1 aromatic heterocycles. The number of anilines is 1. The molecule has 0 radical (unpaired) electrons. The summed E-state index contributed by atoms with van der Waals surface area (Å²) in [5.74, 6) is 0.0222. The second-order valence-electron chi connectivity index (χ2n) is 4.71. The molecule has 1 unspecified atom stereocenters. The number of ether oxygens (including phenoxy) is 1. The van der Waals surface area contributed by atoms with Gasteiger partial charge in [-0.15, -0.1) is 0 Å². The molecule has 0 aliphatic carbocycles. The third-order valence-corrected chi connectivity index (χ3v) is 4.09. The van der Waals surface area contributed by atoms with Gasteiger partial charge in [-0.1, -0.05) is 0 Å². The van der Waals surface area contributed by atoms with E-state index < -0.39 is 47.2 Å². The molecule has 0 aromatic carbocycles. The Kier molecular flexibility index (Phi) is 5.84. The van der Waals surface area contributed by atoms with Gasteiger partial charge in [0.25, 0.3) is 0 Å². The standard InChI is InChI=1S/C9H17N3O9P2/c10-7-1-2-12(9(13)11-7)8-3-5(21-22(14)15)6(20-8)4-19-23(16,17)18/h1-2,5-6,8,16-18,22-23H,3-4H2,(H,14,15)(H2,10,11,13)/t5-,6+,8+/m0/s1. The van der Waals surface area contributed by atoms with Gasteiger partial charge in [0.1, 0.15) is 0 Å². The Labute approximate surface area is 130 Å².